The van der Waals surface area contributed by atoms with Gasteiger partial charge in [0.2, 0.25) is 0 Å². The van der Waals surface area contributed by atoms with Crippen molar-refractivity contribution in [3.8, 4) is 0 Å². The number of rotatable bonds is 3. The van der Waals surface area contributed by atoms with Crippen LogP contribution in [0.1, 0.15) is 37.3 Å². The van der Waals surface area contributed by atoms with Gasteiger partial charge < -0.3 is 9.30 Å². The maximum absolute atomic E-state index is 6.55. The van der Waals surface area contributed by atoms with Crippen LogP contribution in [0.4, 0.5) is 0 Å². The number of imidazole rings is 1. The number of hydrogen-bond acceptors (Lipinski definition) is 5. The molecule has 144 valence electrons. The molecule has 3 aromatic heterocycles. The van der Waals surface area contributed by atoms with E-state index in [1.165, 1.54) is 0 Å². The number of hydrogen-bond donors (Lipinski definition) is 0. The van der Waals surface area contributed by atoms with E-state index in [1.54, 1.807) is 11.3 Å². The van der Waals surface area contributed by atoms with Crippen LogP contribution in [-0.4, -0.2) is 32.2 Å². The largest absolute Gasteiger partial charge is 0.378 e. The molecule has 28 heavy (non-hydrogen) atoms. The van der Waals surface area contributed by atoms with E-state index in [0.29, 0.717) is 16.6 Å². The Morgan fingerprint density at radius 2 is 2.18 bits per heavy atom. The third kappa shape index (κ3) is 3.18. The van der Waals surface area contributed by atoms with Gasteiger partial charge in [0.1, 0.15) is 11.3 Å². The molecule has 5 nitrogen and oxygen atoms in total. The molecule has 1 saturated heterocycles. The van der Waals surface area contributed by atoms with E-state index in [9.17, 15) is 0 Å². The van der Waals surface area contributed by atoms with E-state index in [0.717, 1.165) is 52.9 Å². The van der Waals surface area contributed by atoms with Crippen molar-refractivity contribution in [2.45, 2.75) is 38.3 Å². The fraction of sp³-hybridized carbons (Fsp3) is 0.350. The zero-order valence-corrected chi connectivity index (χ0v) is 17.6. The smallest absolute Gasteiger partial charge is 0.157 e. The van der Waals surface area contributed by atoms with Gasteiger partial charge in [0.15, 0.2) is 5.15 Å². The van der Waals surface area contributed by atoms with Gasteiger partial charge >= 0.3 is 0 Å². The highest BCUT2D eigenvalue weighted by Crippen LogP contribution is 2.37. The standard InChI is InChI=1S/C20H18Cl2N4OS/c1-11-6-14(4-5-27-11)26-17(8-13-9-28-10-23-13)25-18-19(26)15-7-12(21)2-3-16(15)24-20(18)22/h2-3,7,9-11,14H,4-6,8H2,1H3/t11-,14-/m1/s1. The summed E-state index contributed by atoms with van der Waals surface area (Å²) >= 11 is 14.5. The van der Waals surface area contributed by atoms with Crippen LogP contribution < -0.4 is 0 Å². The molecular formula is C20H18Cl2N4OS. The van der Waals surface area contributed by atoms with Crippen molar-refractivity contribution in [2.75, 3.05) is 6.61 Å². The number of fused-ring (bicyclic) bond motifs is 3. The molecule has 1 aliphatic heterocycles. The molecule has 5 rings (SSSR count). The predicted octanol–water partition coefficient (Wildman–Crippen LogP) is 5.68. The first-order chi connectivity index (χ1) is 13.6. The van der Waals surface area contributed by atoms with Crippen molar-refractivity contribution in [3.05, 3.63) is 50.8 Å². The first kappa shape index (κ1) is 18.3. The Kier molecular flexibility index (Phi) is 4.75. The summed E-state index contributed by atoms with van der Waals surface area (Å²) in [5.74, 6) is 0.955. The minimum Gasteiger partial charge on any atom is -0.378 e. The maximum Gasteiger partial charge on any atom is 0.157 e. The molecule has 0 bridgehead atoms. The molecule has 4 aromatic rings. The molecule has 2 atom stereocenters. The molecule has 0 radical (unpaired) electrons. The predicted molar refractivity (Wildman–Crippen MR) is 114 cm³/mol. The van der Waals surface area contributed by atoms with Crippen LogP contribution in [0.3, 0.4) is 0 Å². The first-order valence-corrected chi connectivity index (χ1v) is 10.9. The number of aromatic nitrogens is 4. The summed E-state index contributed by atoms with van der Waals surface area (Å²) in [6, 6.07) is 5.98. The molecule has 0 N–H and O–H groups in total. The van der Waals surface area contributed by atoms with E-state index < -0.39 is 0 Å². The third-order valence-corrected chi connectivity index (χ3v) is 6.39. The maximum atomic E-state index is 6.55. The fourth-order valence-electron chi connectivity index (χ4n) is 4.05. The van der Waals surface area contributed by atoms with Crippen molar-refractivity contribution in [1.29, 1.82) is 0 Å². The Morgan fingerprint density at radius 3 is 2.96 bits per heavy atom. The summed E-state index contributed by atoms with van der Waals surface area (Å²) < 4.78 is 8.12. The zero-order valence-electron chi connectivity index (χ0n) is 15.2. The van der Waals surface area contributed by atoms with E-state index in [4.69, 9.17) is 32.9 Å². The minimum absolute atomic E-state index is 0.204. The molecule has 0 amide bonds. The molecule has 0 saturated carbocycles. The molecule has 4 heterocycles. The molecular weight excluding hydrogens is 415 g/mol. The van der Waals surface area contributed by atoms with Crippen molar-refractivity contribution in [2.24, 2.45) is 0 Å². The Morgan fingerprint density at radius 1 is 1.29 bits per heavy atom. The van der Waals surface area contributed by atoms with Crippen LogP contribution in [0.25, 0.3) is 21.9 Å². The normalized spacial score (nSPS) is 20.2. The van der Waals surface area contributed by atoms with Gasteiger partial charge in [0.05, 0.1) is 28.3 Å². The van der Waals surface area contributed by atoms with Gasteiger partial charge in [-0.2, -0.15) is 0 Å². The number of pyridine rings is 1. The second kappa shape index (κ2) is 7.26. The minimum atomic E-state index is 0.204. The number of halogens is 2. The topological polar surface area (TPSA) is 52.8 Å². The van der Waals surface area contributed by atoms with E-state index in [-0.39, 0.29) is 12.1 Å². The quantitative estimate of drug-likeness (QED) is 0.390. The van der Waals surface area contributed by atoms with Crippen molar-refractivity contribution in [1.82, 2.24) is 19.5 Å². The summed E-state index contributed by atoms with van der Waals surface area (Å²) in [5.41, 5.74) is 5.40. The van der Waals surface area contributed by atoms with Crippen LogP contribution in [0.2, 0.25) is 10.2 Å². The lowest BCUT2D eigenvalue weighted by atomic mass is 10.0. The summed E-state index contributed by atoms with van der Waals surface area (Å²) in [4.78, 5) is 13.9. The molecule has 0 unspecified atom stereocenters. The van der Waals surface area contributed by atoms with Gasteiger partial charge in [-0.1, -0.05) is 23.2 Å². The van der Waals surface area contributed by atoms with Crippen LogP contribution in [0.5, 0.6) is 0 Å². The molecule has 8 heteroatoms. The number of benzene rings is 1. The zero-order chi connectivity index (χ0) is 19.3. The van der Waals surface area contributed by atoms with Crippen LogP contribution in [0.15, 0.2) is 29.1 Å². The van der Waals surface area contributed by atoms with Crippen molar-refractivity contribution >= 4 is 56.5 Å². The molecule has 1 aromatic carbocycles. The number of ether oxygens (including phenoxy) is 1. The Balaban J connectivity index is 1.80. The average molecular weight is 433 g/mol. The van der Waals surface area contributed by atoms with Crippen LogP contribution >= 0.6 is 34.5 Å². The lowest BCUT2D eigenvalue weighted by Gasteiger charge is -2.30. The van der Waals surface area contributed by atoms with Gasteiger partial charge in [-0.3, -0.25) is 0 Å². The van der Waals surface area contributed by atoms with Crippen molar-refractivity contribution < 1.29 is 4.74 Å². The summed E-state index contributed by atoms with van der Waals surface area (Å²) in [6.45, 7) is 2.86. The van der Waals surface area contributed by atoms with Gasteiger partial charge in [-0.15, -0.1) is 11.3 Å². The van der Waals surface area contributed by atoms with Gasteiger partial charge in [0.25, 0.3) is 0 Å². The lowest BCUT2D eigenvalue weighted by molar-refractivity contribution is 0.00631. The van der Waals surface area contributed by atoms with Gasteiger partial charge in [0, 0.05) is 34.9 Å². The van der Waals surface area contributed by atoms with E-state index in [1.807, 2.05) is 23.7 Å². The summed E-state index contributed by atoms with van der Waals surface area (Å²) in [6.07, 6.45) is 2.72. The Labute approximate surface area is 176 Å². The van der Waals surface area contributed by atoms with Gasteiger partial charge in [-0.25, -0.2) is 15.0 Å². The fourth-order valence-corrected chi connectivity index (χ4v) is 5.00. The summed E-state index contributed by atoms with van der Waals surface area (Å²) in [7, 11) is 0. The molecule has 0 spiro atoms. The lowest BCUT2D eigenvalue weighted by Crippen LogP contribution is -2.26. The Bertz CT molecular complexity index is 1160. The Hall–Kier alpha value is -1.73. The third-order valence-electron chi connectivity index (χ3n) is 5.26. The highest BCUT2D eigenvalue weighted by Gasteiger charge is 2.27. The number of nitrogens with zero attached hydrogens (tertiary/aromatic N) is 4. The monoisotopic (exact) mass is 432 g/mol. The molecule has 1 aliphatic rings. The van der Waals surface area contributed by atoms with Crippen LogP contribution in [0, 0.1) is 0 Å². The van der Waals surface area contributed by atoms with E-state index in [2.05, 4.69) is 26.8 Å². The average Bonchev–Trinajstić information content (AvgIpc) is 3.31. The highest BCUT2D eigenvalue weighted by molar-refractivity contribution is 7.07. The van der Waals surface area contributed by atoms with Gasteiger partial charge in [-0.05, 0) is 38.0 Å². The van der Waals surface area contributed by atoms with Crippen molar-refractivity contribution in [3.63, 3.8) is 0 Å². The highest BCUT2D eigenvalue weighted by atomic mass is 35.5. The number of thiazole rings is 1. The van der Waals surface area contributed by atoms with E-state index >= 15 is 0 Å². The summed E-state index contributed by atoms with van der Waals surface area (Å²) in [5, 5.41) is 4.13. The molecule has 0 aliphatic carbocycles. The SMILES string of the molecule is C[C@@H]1C[C@H](n2c(Cc3cscn3)nc3c(Cl)nc4ccc(Cl)cc4c32)CCO1. The van der Waals surface area contributed by atoms with Crippen LogP contribution in [-0.2, 0) is 11.2 Å². The second-order valence-corrected chi connectivity index (χ2v) is 8.69. The first-order valence-electron chi connectivity index (χ1n) is 9.24. The second-order valence-electron chi connectivity index (χ2n) is 7.18. The molecule has 1 fully saturated rings.